The average molecular weight is 425 g/mol. The molecular formula is C21H17F2N5O3. The Labute approximate surface area is 174 Å². The highest BCUT2D eigenvalue weighted by Crippen LogP contribution is 2.48. The number of amides is 1. The van der Waals surface area contributed by atoms with Crippen LogP contribution in [0.15, 0.2) is 41.1 Å². The molecule has 1 fully saturated rings. The second-order valence-corrected chi connectivity index (χ2v) is 7.36. The number of anilines is 1. The summed E-state index contributed by atoms with van der Waals surface area (Å²) in [6.45, 7) is -2.93. The van der Waals surface area contributed by atoms with Gasteiger partial charge in [-0.05, 0) is 31.0 Å². The van der Waals surface area contributed by atoms with Crippen molar-refractivity contribution in [2.75, 3.05) is 12.4 Å². The quantitative estimate of drug-likeness (QED) is 0.485. The second-order valence-electron chi connectivity index (χ2n) is 7.36. The summed E-state index contributed by atoms with van der Waals surface area (Å²) in [7, 11) is 1.74. The molecule has 3 heterocycles. The lowest BCUT2D eigenvalue weighted by Gasteiger charge is -2.13. The van der Waals surface area contributed by atoms with Gasteiger partial charge in [-0.1, -0.05) is 0 Å². The minimum atomic E-state index is -2.93. The van der Waals surface area contributed by atoms with E-state index in [0.29, 0.717) is 46.4 Å². The first kappa shape index (κ1) is 19.2. The highest BCUT2D eigenvalue weighted by atomic mass is 19.3. The van der Waals surface area contributed by atoms with E-state index in [4.69, 9.17) is 10.2 Å². The van der Waals surface area contributed by atoms with E-state index >= 15 is 0 Å². The number of nitrogens with two attached hydrogens (primary N) is 1. The van der Waals surface area contributed by atoms with Crippen LogP contribution in [0.4, 0.5) is 14.6 Å². The summed E-state index contributed by atoms with van der Waals surface area (Å²) in [6, 6.07) is 6.09. The Bertz CT molecular complexity index is 1330. The molecule has 158 valence electrons. The molecule has 1 amide bonds. The van der Waals surface area contributed by atoms with Crippen LogP contribution in [0.5, 0.6) is 5.75 Å². The van der Waals surface area contributed by atoms with Crippen LogP contribution in [0.25, 0.3) is 33.3 Å². The first-order valence-electron chi connectivity index (χ1n) is 9.54. The molecule has 0 bridgehead atoms. The molecule has 4 aromatic rings. The van der Waals surface area contributed by atoms with Crippen molar-refractivity contribution in [1.29, 1.82) is 0 Å². The molecule has 1 aromatic carbocycles. The lowest BCUT2D eigenvalue weighted by molar-refractivity contribution is -0.120. The molecule has 1 aliphatic carbocycles. The third kappa shape index (κ3) is 3.11. The lowest BCUT2D eigenvalue weighted by atomic mass is 9.98. The average Bonchev–Trinajstić information content (AvgIpc) is 3.46. The molecule has 0 unspecified atom stereocenters. The van der Waals surface area contributed by atoms with Gasteiger partial charge in [0.1, 0.15) is 17.1 Å². The standard InChI is InChI=1S/C21H17F2N5O3/c1-25-17-12-8-26-16(21(4-5-21)19(24)29)7-11(12)13(9-27-17)18-28-14-6-10(30-20(22)23)2-3-15(14)31-18/h2-3,6-9,20H,4-5H2,1H3,(H2,24,29)(H,25,27). The number of fused-ring (bicyclic) bond motifs is 2. The van der Waals surface area contributed by atoms with Crippen molar-refractivity contribution < 1.29 is 22.7 Å². The van der Waals surface area contributed by atoms with E-state index < -0.39 is 17.9 Å². The number of rotatable bonds is 6. The number of hydrogen-bond donors (Lipinski definition) is 2. The van der Waals surface area contributed by atoms with Gasteiger partial charge in [-0.25, -0.2) is 9.97 Å². The zero-order chi connectivity index (χ0) is 21.8. The van der Waals surface area contributed by atoms with Crippen molar-refractivity contribution in [2.24, 2.45) is 5.73 Å². The summed E-state index contributed by atoms with van der Waals surface area (Å²) in [5, 5.41) is 4.46. The number of ether oxygens (including phenoxy) is 1. The minimum Gasteiger partial charge on any atom is -0.436 e. The number of hydrogen-bond acceptors (Lipinski definition) is 7. The molecule has 0 radical (unpaired) electrons. The molecule has 0 atom stereocenters. The topological polar surface area (TPSA) is 116 Å². The van der Waals surface area contributed by atoms with Crippen molar-refractivity contribution >= 4 is 33.6 Å². The number of nitrogens with one attached hydrogen (secondary N) is 1. The maximum atomic E-state index is 12.5. The molecule has 1 aliphatic rings. The van der Waals surface area contributed by atoms with Gasteiger partial charge in [-0.2, -0.15) is 8.78 Å². The Morgan fingerprint density at radius 3 is 2.71 bits per heavy atom. The molecule has 3 N–H and O–H groups in total. The zero-order valence-electron chi connectivity index (χ0n) is 16.4. The molecule has 1 saturated carbocycles. The SMILES string of the molecule is CNc1ncc(-c2nc3cc(OC(F)F)ccc3o2)c2cc(C3(C(N)=O)CC3)ncc12. The Hall–Kier alpha value is -3.82. The third-order valence-electron chi connectivity index (χ3n) is 5.54. The van der Waals surface area contributed by atoms with Crippen LogP contribution in [-0.4, -0.2) is 34.5 Å². The molecule has 10 heteroatoms. The first-order valence-corrected chi connectivity index (χ1v) is 9.54. The van der Waals surface area contributed by atoms with Gasteiger partial charge in [-0.15, -0.1) is 0 Å². The number of carbonyl (C=O) groups is 1. The Kier molecular flexibility index (Phi) is 4.24. The van der Waals surface area contributed by atoms with Crippen LogP contribution in [0, 0.1) is 0 Å². The highest BCUT2D eigenvalue weighted by molar-refractivity contribution is 6.01. The summed E-state index contributed by atoms with van der Waals surface area (Å²) in [4.78, 5) is 25.3. The zero-order valence-corrected chi connectivity index (χ0v) is 16.4. The summed E-state index contributed by atoms with van der Waals surface area (Å²) < 4.78 is 35.3. The Morgan fingerprint density at radius 1 is 1.23 bits per heavy atom. The normalized spacial score (nSPS) is 14.8. The lowest BCUT2D eigenvalue weighted by Crippen LogP contribution is -2.29. The molecule has 5 rings (SSSR count). The fourth-order valence-corrected chi connectivity index (χ4v) is 3.72. The maximum absolute atomic E-state index is 12.5. The second kappa shape index (κ2) is 6.86. The fraction of sp³-hybridized carbons (Fsp3) is 0.238. The molecule has 0 aliphatic heterocycles. The Balaban J connectivity index is 1.67. The van der Waals surface area contributed by atoms with Gasteiger partial charge in [0.2, 0.25) is 11.8 Å². The van der Waals surface area contributed by atoms with Crippen LogP contribution in [-0.2, 0) is 10.2 Å². The number of pyridine rings is 2. The van der Waals surface area contributed by atoms with Gasteiger partial charge < -0.3 is 20.2 Å². The summed E-state index contributed by atoms with van der Waals surface area (Å²) in [5.74, 6) is 0.438. The molecule has 0 saturated heterocycles. The van der Waals surface area contributed by atoms with E-state index in [9.17, 15) is 13.6 Å². The van der Waals surface area contributed by atoms with Crippen molar-refractivity contribution in [3.05, 3.63) is 42.4 Å². The number of benzene rings is 1. The van der Waals surface area contributed by atoms with Crippen LogP contribution < -0.4 is 15.8 Å². The van der Waals surface area contributed by atoms with E-state index in [2.05, 4.69) is 25.0 Å². The molecule has 8 nitrogen and oxygen atoms in total. The highest BCUT2D eigenvalue weighted by Gasteiger charge is 2.51. The van der Waals surface area contributed by atoms with Crippen molar-refractivity contribution in [3.63, 3.8) is 0 Å². The first-order chi connectivity index (χ1) is 14.9. The monoisotopic (exact) mass is 425 g/mol. The van der Waals surface area contributed by atoms with Gasteiger partial charge in [0.05, 0.1) is 16.7 Å². The van der Waals surface area contributed by atoms with Gasteiger partial charge in [0.25, 0.3) is 0 Å². The fourth-order valence-electron chi connectivity index (χ4n) is 3.72. The third-order valence-corrected chi connectivity index (χ3v) is 5.54. The van der Waals surface area contributed by atoms with Gasteiger partial charge in [0.15, 0.2) is 5.58 Å². The number of aromatic nitrogens is 3. The number of alkyl halides is 2. The summed E-state index contributed by atoms with van der Waals surface area (Å²) >= 11 is 0. The van der Waals surface area contributed by atoms with Crippen LogP contribution in [0.1, 0.15) is 18.5 Å². The number of oxazole rings is 1. The molecule has 31 heavy (non-hydrogen) atoms. The smallest absolute Gasteiger partial charge is 0.387 e. The van der Waals surface area contributed by atoms with E-state index in [1.807, 2.05) is 6.07 Å². The maximum Gasteiger partial charge on any atom is 0.387 e. The molecular weight excluding hydrogens is 408 g/mol. The predicted octanol–water partition coefficient (Wildman–Crippen LogP) is 3.60. The van der Waals surface area contributed by atoms with E-state index in [1.54, 1.807) is 19.4 Å². The van der Waals surface area contributed by atoms with E-state index in [0.717, 1.165) is 5.39 Å². The molecule has 3 aromatic heterocycles. The van der Waals surface area contributed by atoms with E-state index in [1.165, 1.54) is 18.2 Å². The van der Waals surface area contributed by atoms with Gasteiger partial charge >= 0.3 is 6.61 Å². The van der Waals surface area contributed by atoms with Crippen LogP contribution >= 0.6 is 0 Å². The van der Waals surface area contributed by atoms with Gasteiger partial charge in [0, 0.05) is 36.3 Å². The summed E-state index contributed by atoms with van der Waals surface area (Å²) in [6.07, 6.45) is 4.54. The number of carbonyl (C=O) groups excluding carboxylic acids is 1. The number of halogens is 2. The van der Waals surface area contributed by atoms with Crippen molar-refractivity contribution in [1.82, 2.24) is 15.0 Å². The largest absolute Gasteiger partial charge is 0.436 e. The summed E-state index contributed by atoms with van der Waals surface area (Å²) in [5.41, 5.74) is 6.80. The van der Waals surface area contributed by atoms with Gasteiger partial charge in [-0.3, -0.25) is 9.78 Å². The van der Waals surface area contributed by atoms with Crippen LogP contribution in [0.3, 0.4) is 0 Å². The minimum absolute atomic E-state index is 0.0144. The van der Waals surface area contributed by atoms with E-state index in [-0.39, 0.29) is 11.6 Å². The van der Waals surface area contributed by atoms with Crippen molar-refractivity contribution in [2.45, 2.75) is 24.9 Å². The number of primary amides is 1. The predicted molar refractivity (Wildman–Crippen MR) is 109 cm³/mol. The Morgan fingerprint density at radius 2 is 2.03 bits per heavy atom. The van der Waals surface area contributed by atoms with Crippen LogP contribution in [0.2, 0.25) is 0 Å². The number of nitrogens with zero attached hydrogens (tertiary/aromatic N) is 3. The molecule has 0 spiro atoms. The van der Waals surface area contributed by atoms with Crippen molar-refractivity contribution in [3.8, 4) is 17.2 Å².